The van der Waals surface area contributed by atoms with Gasteiger partial charge >= 0.3 is 0 Å². The van der Waals surface area contributed by atoms with Crippen LogP contribution in [0.4, 0.5) is 0 Å². The number of nitrogens with zero attached hydrogens (tertiary/aromatic N) is 2. The number of amides is 2. The molecular weight excluding hydrogens is 302 g/mol. The van der Waals surface area contributed by atoms with E-state index in [-0.39, 0.29) is 24.2 Å². The van der Waals surface area contributed by atoms with Gasteiger partial charge in [0.15, 0.2) is 0 Å². The van der Waals surface area contributed by atoms with E-state index < -0.39 is 0 Å². The van der Waals surface area contributed by atoms with Gasteiger partial charge in [-0.1, -0.05) is 13.8 Å². The molecule has 22 heavy (non-hydrogen) atoms. The van der Waals surface area contributed by atoms with Crippen LogP contribution < -0.4 is 5.32 Å². The minimum absolute atomic E-state index is 0. The minimum atomic E-state index is 0. The van der Waals surface area contributed by atoms with Crippen LogP contribution in [0.25, 0.3) is 0 Å². The van der Waals surface area contributed by atoms with Crippen molar-refractivity contribution in [3.8, 4) is 0 Å². The minimum Gasteiger partial charge on any atom is -0.343 e. The van der Waals surface area contributed by atoms with Gasteiger partial charge in [0.1, 0.15) is 0 Å². The number of hydrogen-bond donors (Lipinski definition) is 1. The first-order chi connectivity index (χ1) is 10.1. The van der Waals surface area contributed by atoms with Crippen molar-refractivity contribution < 1.29 is 9.59 Å². The lowest BCUT2D eigenvalue weighted by Gasteiger charge is -2.24. The molecule has 1 rings (SSSR count). The third-order valence-corrected chi connectivity index (χ3v) is 4.10. The molecule has 0 bridgehead atoms. The van der Waals surface area contributed by atoms with E-state index in [1.165, 1.54) is 0 Å². The maximum Gasteiger partial charge on any atom is 0.222 e. The van der Waals surface area contributed by atoms with Crippen LogP contribution in [0.1, 0.15) is 52.4 Å². The number of carbonyl (C=O) groups is 2. The van der Waals surface area contributed by atoms with E-state index in [1.54, 1.807) is 0 Å². The highest BCUT2D eigenvalue weighted by Gasteiger charge is 2.23. The van der Waals surface area contributed by atoms with E-state index in [2.05, 4.69) is 19.2 Å². The molecule has 0 aromatic heterocycles. The summed E-state index contributed by atoms with van der Waals surface area (Å²) in [5.74, 6) is 0.353. The van der Waals surface area contributed by atoms with Gasteiger partial charge < -0.3 is 15.1 Å². The van der Waals surface area contributed by atoms with Gasteiger partial charge in [-0.05, 0) is 32.2 Å². The van der Waals surface area contributed by atoms with Crippen molar-refractivity contribution in [2.75, 3.05) is 33.2 Å². The number of halogens is 1. The highest BCUT2D eigenvalue weighted by Crippen LogP contribution is 2.10. The van der Waals surface area contributed by atoms with Gasteiger partial charge in [0.25, 0.3) is 0 Å². The Bertz CT molecular complexity index is 313. The highest BCUT2D eigenvalue weighted by molar-refractivity contribution is 5.85. The molecule has 1 saturated heterocycles. The number of likely N-dealkylation sites (N-methyl/N-ethyl adjacent to an activating group) is 1. The molecule has 6 heteroatoms. The van der Waals surface area contributed by atoms with Crippen molar-refractivity contribution in [1.29, 1.82) is 0 Å². The van der Waals surface area contributed by atoms with Crippen LogP contribution in [-0.4, -0.2) is 60.9 Å². The Morgan fingerprint density at radius 1 is 1.09 bits per heavy atom. The van der Waals surface area contributed by atoms with Gasteiger partial charge in [-0.2, -0.15) is 0 Å². The summed E-state index contributed by atoms with van der Waals surface area (Å²) < 4.78 is 0. The number of carbonyl (C=O) groups excluding carboxylic acids is 2. The summed E-state index contributed by atoms with van der Waals surface area (Å²) in [6.45, 7) is 7.71. The molecule has 1 unspecified atom stereocenters. The van der Waals surface area contributed by atoms with Crippen LogP contribution in [0, 0.1) is 0 Å². The van der Waals surface area contributed by atoms with E-state index in [9.17, 15) is 9.59 Å². The Labute approximate surface area is 141 Å². The maximum atomic E-state index is 12.1. The predicted molar refractivity (Wildman–Crippen MR) is 92.3 cm³/mol. The summed E-state index contributed by atoms with van der Waals surface area (Å²) in [5.41, 5.74) is 0. The second-order valence-electron chi connectivity index (χ2n) is 5.89. The van der Waals surface area contributed by atoms with Crippen molar-refractivity contribution in [3.05, 3.63) is 0 Å². The van der Waals surface area contributed by atoms with Gasteiger partial charge in [-0.3, -0.25) is 9.59 Å². The molecule has 1 N–H and O–H groups in total. The zero-order chi connectivity index (χ0) is 15.7. The Kier molecular flexibility index (Phi) is 11.3. The van der Waals surface area contributed by atoms with Crippen LogP contribution in [-0.2, 0) is 9.59 Å². The van der Waals surface area contributed by atoms with Crippen LogP contribution in [0.3, 0.4) is 0 Å². The van der Waals surface area contributed by atoms with Gasteiger partial charge in [-0.15, -0.1) is 12.4 Å². The monoisotopic (exact) mass is 333 g/mol. The molecule has 0 radical (unpaired) electrons. The third-order valence-electron chi connectivity index (χ3n) is 4.10. The van der Waals surface area contributed by atoms with Crippen LogP contribution in [0.15, 0.2) is 0 Å². The quantitative estimate of drug-likeness (QED) is 0.702. The lowest BCUT2D eigenvalue weighted by molar-refractivity contribution is -0.133. The van der Waals surface area contributed by atoms with E-state index in [4.69, 9.17) is 0 Å². The van der Waals surface area contributed by atoms with E-state index in [1.807, 2.05) is 16.8 Å². The first kappa shape index (κ1) is 21.2. The average molecular weight is 334 g/mol. The maximum absolute atomic E-state index is 12.1. The van der Waals surface area contributed by atoms with E-state index >= 15 is 0 Å². The molecule has 0 spiro atoms. The van der Waals surface area contributed by atoms with Crippen molar-refractivity contribution in [3.63, 3.8) is 0 Å². The molecular formula is C16H32ClN3O2. The number of nitrogens with one attached hydrogen (secondary N) is 1. The Balaban J connectivity index is 0.00000441. The molecule has 0 aromatic rings. The topological polar surface area (TPSA) is 52.7 Å². The lowest BCUT2D eigenvalue weighted by atomic mass is 10.1. The van der Waals surface area contributed by atoms with Gasteiger partial charge in [0, 0.05) is 45.6 Å². The molecule has 1 heterocycles. The molecule has 2 amide bonds. The van der Waals surface area contributed by atoms with Gasteiger partial charge in [0.05, 0.1) is 0 Å². The summed E-state index contributed by atoms with van der Waals surface area (Å²) >= 11 is 0. The Hall–Kier alpha value is -0.810. The van der Waals surface area contributed by atoms with Gasteiger partial charge in [-0.25, -0.2) is 0 Å². The average Bonchev–Trinajstić information content (AvgIpc) is 3.00. The van der Waals surface area contributed by atoms with Crippen molar-refractivity contribution in [1.82, 2.24) is 15.1 Å². The highest BCUT2D eigenvalue weighted by atomic mass is 35.5. The predicted octanol–water partition coefficient (Wildman–Crippen LogP) is 2.05. The summed E-state index contributed by atoms with van der Waals surface area (Å²) in [6.07, 6.45) is 4.63. The van der Waals surface area contributed by atoms with Crippen molar-refractivity contribution >= 4 is 24.2 Å². The molecule has 5 nitrogen and oxygen atoms in total. The standard InChI is InChI=1S/C16H31N3O2.ClH/c1-4-11-19(12-5-2)16(21)8-6-7-15(20)18(3)14-9-10-17-13-14;/h14,17H,4-13H2,1-3H3;1H. The molecule has 0 aromatic carbocycles. The molecule has 1 aliphatic heterocycles. The fourth-order valence-electron chi connectivity index (χ4n) is 2.80. The number of rotatable bonds is 9. The normalized spacial score (nSPS) is 17.0. The lowest BCUT2D eigenvalue weighted by Crippen LogP contribution is -2.38. The van der Waals surface area contributed by atoms with E-state index in [0.29, 0.717) is 25.3 Å². The summed E-state index contributed by atoms with van der Waals surface area (Å²) in [5, 5.41) is 3.27. The molecule has 1 fully saturated rings. The molecule has 130 valence electrons. The van der Waals surface area contributed by atoms with Crippen LogP contribution in [0.5, 0.6) is 0 Å². The first-order valence-electron chi connectivity index (χ1n) is 8.34. The summed E-state index contributed by atoms with van der Waals surface area (Å²) in [7, 11) is 1.88. The second-order valence-corrected chi connectivity index (χ2v) is 5.89. The fourth-order valence-corrected chi connectivity index (χ4v) is 2.80. The van der Waals surface area contributed by atoms with Crippen molar-refractivity contribution in [2.45, 2.75) is 58.4 Å². The summed E-state index contributed by atoms with van der Waals surface area (Å²) in [6, 6.07) is 0.324. The van der Waals surface area contributed by atoms with Crippen molar-refractivity contribution in [2.24, 2.45) is 0 Å². The number of hydrogen-bond acceptors (Lipinski definition) is 3. The molecule has 0 aliphatic carbocycles. The second kappa shape index (κ2) is 11.7. The fraction of sp³-hybridized carbons (Fsp3) is 0.875. The smallest absolute Gasteiger partial charge is 0.222 e. The third kappa shape index (κ3) is 6.97. The van der Waals surface area contributed by atoms with Gasteiger partial charge in [0.2, 0.25) is 11.8 Å². The molecule has 1 atom stereocenters. The summed E-state index contributed by atoms with van der Waals surface area (Å²) in [4.78, 5) is 28.0. The zero-order valence-corrected chi connectivity index (χ0v) is 15.1. The molecule has 0 saturated carbocycles. The van der Waals surface area contributed by atoms with Crippen LogP contribution in [0.2, 0.25) is 0 Å². The largest absolute Gasteiger partial charge is 0.343 e. The SMILES string of the molecule is CCCN(CCC)C(=O)CCCC(=O)N(C)C1CCNC1.Cl. The molecule has 1 aliphatic rings. The first-order valence-corrected chi connectivity index (χ1v) is 8.34. The Morgan fingerprint density at radius 2 is 1.68 bits per heavy atom. The van der Waals surface area contributed by atoms with Crippen LogP contribution >= 0.6 is 12.4 Å². The zero-order valence-electron chi connectivity index (χ0n) is 14.3. The van der Waals surface area contributed by atoms with E-state index in [0.717, 1.165) is 45.4 Å². The Morgan fingerprint density at radius 3 is 2.18 bits per heavy atom.